The first-order valence-corrected chi connectivity index (χ1v) is 6.71. The molecular formula is C14H23ClN2. The number of aromatic nitrogens is 1. The molecular weight excluding hydrogens is 232 g/mol. The van der Waals surface area contributed by atoms with Crippen molar-refractivity contribution in [3.8, 4) is 0 Å². The molecule has 0 amide bonds. The second-order valence-electron chi connectivity index (χ2n) is 5.40. The van der Waals surface area contributed by atoms with Crippen LogP contribution in [0.15, 0.2) is 18.3 Å². The van der Waals surface area contributed by atoms with Crippen LogP contribution < -0.4 is 5.32 Å². The molecule has 0 saturated heterocycles. The lowest BCUT2D eigenvalue weighted by Gasteiger charge is -2.18. The van der Waals surface area contributed by atoms with Crippen LogP contribution in [0.2, 0.25) is 0 Å². The molecule has 2 nitrogen and oxygen atoms in total. The zero-order valence-corrected chi connectivity index (χ0v) is 12.0. The highest BCUT2D eigenvalue weighted by Gasteiger charge is 2.13. The zero-order valence-electron chi connectivity index (χ0n) is 11.3. The maximum atomic E-state index is 6.06. The smallest absolute Gasteiger partial charge is 0.125 e. The van der Waals surface area contributed by atoms with E-state index in [9.17, 15) is 0 Å². The molecule has 1 N–H and O–H groups in total. The lowest BCUT2D eigenvalue weighted by atomic mass is 9.88. The van der Waals surface area contributed by atoms with Gasteiger partial charge in [-0.05, 0) is 29.9 Å². The van der Waals surface area contributed by atoms with Gasteiger partial charge in [0.25, 0.3) is 0 Å². The number of rotatable bonds is 5. The summed E-state index contributed by atoms with van der Waals surface area (Å²) in [4.78, 5) is 4.41. The van der Waals surface area contributed by atoms with Gasteiger partial charge >= 0.3 is 0 Å². The number of nitrogens with zero attached hydrogens (tertiary/aromatic N) is 1. The van der Waals surface area contributed by atoms with Crippen LogP contribution in [0.3, 0.4) is 0 Å². The van der Waals surface area contributed by atoms with Crippen LogP contribution in [-0.2, 0) is 5.41 Å². The number of pyridine rings is 1. The van der Waals surface area contributed by atoms with Gasteiger partial charge in [-0.1, -0.05) is 33.8 Å². The lowest BCUT2D eigenvalue weighted by molar-refractivity contribution is 0.587. The Labute approximate surface area is 110 Å². The first-order valence-electron chi connectivity index (χ1n) is 6.28. The molecule has 0 aromatic carbocycles. The van der Waals surface area contributed by atoms with Gasteiger partial charge in [0.15, 0.2) is 0 Å². The summed E-state index contributed by atoms with van der Waals surface area (Å²) < 4.78 is 0. The van der Waals surface area contributed by atoms with Gasteiger partial charge in [0.05, 0.1) is 0 Å². The van der Waals surface area contributed by atoms with Gasteiger partial charge in [0.2, 0.25) is 0 Å². The van der Waals surface area contributed by atoms with Crippen LogP contribution >= 0.6 is 11.6 Å². The number of alkyl halides is 1. The number of hydrogen-bond acceptors (Lipinski definition) is 2. The summed E-state index contributed by atoms with van der Waals surface area (Å²) in [6.07, 6.45) is 3.93. The summed E-state index contributed by atoms with van der Waals surface area (Å²) in [5, 5.41) is 3.55. The number of hydrogen-bond donors (Lipinski definition) is 1. The second-order valence-corrected chi connectivity index (χ2v) is 6.02. The molecule has 0 aliphatic rings. The molecule has 0 bridgehead atoms. The monoisotopic (exact) mass is 254 g/mol. The van der Waals surface area contributed by atoms with Crippen LogP contribution in [0.4, 0.5) is 5.82 Å². The van der Waals surface area contributed by atoms with Gasteiger partial charge in [-0.2, -0.15) is 0 Å². The van der Waals surface area contributed by atoms with E-state index in [1.165, 1.54) is 5.56 Å². The van der Waals surface area contributed by atoms with Gasteiger partial charge in [-0.3, -0.25) is 0 Å². The van der Waals surface area contributed by atoms with Gasteiger partial charge in [0, 0.05) is 18.1 Å². The molecule has 0 aliphatic carbocycles. The van der Waals surface area contributed by atoms with Crippen LogP contribution in [0.5, 0.6) is 0 Å². The average molecular weight is 255 g/mol. The molecule has 1 aromatic heterocycles. The molecule has 1 rings (SSSR count). The Balaban J connectivity index is 2.46. The molecule has 1 aromatic rings. The van der Waals surface area contributed by atoms with E-state index in [1.807, 2.05) is 12.3 Å². The maximum Gasteiger partial charge on any atom is 0.125 e. The Morgan fingerprint density at radius 1 is 1.35 bits per heavy atom. The third-order valence-corrected chi connectivity index (χ3v) is 3.36. The molecule has 3 heteroatoms. The number of nitrogens with one attached hydrogen (secondary N) is 1. The molecule has 0 aliphatic heterocycles. The summed E-state index contributed by atoms with van der Waals surface area (Å²) in [6.45, 7) is 9.56. The minimum absolute atomic E-state index is 0.162. The summed E-state index contributed by atoms with van der Waals surface area (Å²) >= 11 is 6.06. The molecule has 96 valence electrons. The Kier molecular flexibility index (Phi) is 5.26. The molecule has 1 heterocycles. The van der Waals surface area contributed by atoms with Gasteiger partial charge < -0.3 is 5.32 Å². The van der Waals surface area contributed by atoms with E-state index in [0.717, 1.165) is 25.2 Å². The zero-order chi connectivity index (χ0) is 12.9. The van der Waals surface area contributed by atoms with Crippen molar-refractivity contribution in [2.75, 3.05) is 11.9 Å². The maximum absolute atomic E-state index is 6.06. The lowest BCUT2D eigenvalue weighted by Crippen LogP contribution is -2.13. The predicted molar refractivity (Wildman–Crippen MR) is 76.0 cm³/mol. The molecule has 0 saturated carbocycles. The van der Waals surface area contributed by atoms with Crippen LogP contribution in [-0.4, -0.2) is 16.9 Å². The fourth-order valence-electron chi connectivity index (χ4n) is 1.50. The average Bonchev–Trinajstić information content (AvgIpc) is 2.28. The van der Waals surface area contributed by atoms with E-state index in [-0.39, 0.29) is 10.8 Å². The van der Waals surface area contributed by atoms with Gasteiger partial charge in [0.1, 0.15) is 5.82 Å². The van der Waals surface area contributed by atoms with Crippen molar-refractivity contribution in [2.45, 2.75) is 51.3 Å². The SMILES string of the molecule is CCC(Cl)CCNc1ccc(C(C)(C)C)cn1. The first kappa shape index (κ1) is 14.3. The van der Waals surface area contributed by atoms with Crippen LogP contribution in [0, 0.1) is 0 Å². The van der Waals surface area contributed by atoms with Crippen molar-refractivity contribution in [1.29, 1.82) is 0 Å². The third kappa shape index (κ3) is 4.95. The van der Waals surface area contributed by atoms with Crippen molar-refractivity contribution in [2.24, 2.45) is 0 Å². The first-order chi connectivity index (χ1) is 7.93. The van der Waals surface area contributed by atoms with E-state index in [1.54, 1.807) is 0 Å². The van der Waals surface area contributed by atoms with Crippen LogP contribution in [0.1, 0.15) is 46.1 Å². The quantitative estimate of drug-likeness (QED) is 0.797. The van der Waals surface area contributed by atoms with Crippen molar-refractivity contribution < 1.29 is 0 Å². The summed E-state index contributed by atoms with van der Waals surface area (Å²) in [6, 6.07) is 4.17. The van der Waals surface area contributed by atoms with E-state index in [4.69, 9.17) is 11.6 Å². The molecule has 1 atom stereocenters. The predicted octanol–water partition coefficient (Wildman–Crippen LogP) is 4.20. The second kappa shape index (κ2) is 6.25. The Morgan fingerprint density at radius 3 is 2.53 bits per heavy atom. The van der Waals surface area contributed by atoms with Crippen molar-refractivity contribution in [3.63, 3.8) is 0 Å². The molecule has 0 fully saturated rings. The van der Waals surface area contributed by atoms with Gasteiger partial charge in [-0.25, -0.2) is 4.98 Å². The van der Waals surface area contributed by atoms with Crippen molar-refractivity contribution >= 4 is 17.4 Å². The highest BCUT2D eigenvalue weighted by atomic mass is 35.5. The fourth-order valence-corrected chi connectivity index (χ4v) is 1.61. The Morgan fingerprint density at radius 2 is 2.06 bits per heavy atom. The largest absolute Gasteiger partial charge is 0.370 e. The van der Waals surface area contributed by atoms with Crippen LogP contribution in [0.25, 0.3) is 0 Å². The minimum atomic E-state index is 0.162. The summed E-state index contributed by atoms with van der Waals surface area (Å²) in [5.74, 6) is 0.929. The minimum Gasteiger partial charge on any atom is -0.370 e. The Bertz CT molecular complexity index is 327. The van der Waals surface area contributed by atoms with E-state index >= 15 is 0 Å². The van der Waals surface area contributed by atoms with Gasteiger partial charge in [-0.15, -0.1) is 11.6 Å². The molecule has 0 spiro atoms. The fraction of sp³-hybridized carbons (Fsp3) is 0.643. The van der Waals surface area contributed by atoms with E-state index in [2.05, 4.69) is 44.1 Å². The van der Waals surface area contributed by atoms with Crippen molar-refractivity contribution in [3.05, 3.63) is 23.9 Å². The number of anilines is 1. The Hall–Kier alpha value is -0.760. The summed E-state index contributed by atoms with van der Waals surface area (Å²) in [7, 11) is 0. The van der Waals surface area contributed by atoms with Crippen molar-refractivity contribution in [1.82, 2.24) is 4.98 Å². The highest BCUT2D eigenvalue weighted by Crippen LogP contribution is 2.21. The van der Waals surface area contributed by atoms with E-state index < -0.39 is 0 Å². The van der Waals surface area contributed by atoms with E-state index in [0.29, 0.717) is 0 Å². The molecule has 0 radical (unpaired) electrons. The summed E-state index contributed by atoms with van der Waals surface area (Å²) in [5.41, 5.74) is 1.42. The highest BCUT2D eigenvalue weighted by molar-refractivity contribution is 6.20. The normalized spacial score (nSPS) is 13.5. The topological polar surface area (TPSA) is 24.9 Å². The molecule has 17 heavy (non-hydrogen) atoms. The third-order valence-electron chi connectivity index (χ3n) is 2.84. The number of halogens is 1. The molecule has 1 unspecified atom stereocenters. The standard InChI is InChI=1S/C14H23ClN2/c1-5-12(15)8-9-16-13-7-6-11(10-17-13)14(2,3)4/h6-7,10,12H,5,8-9H2,1-4H3,(H,16,17).